The lowest BCUT2D eigenvalue weighted by Gasteiger charge is -2.49. The molecule has 7 nitrogen and oxygen atoms in total. The predicted octanol–water partition coefficient (Wildman–Crippen LogP) is 6.57. The molecular weight excluding hydrogens is 607 g/mol. The van der Waals surface area contributed by atoms with Crippen molar-refractivity contribution in [2.24, 2.45) is 23.2 Å². The summed E-state index contributed by atoms with van der Waals surface area (Å²) in [5.41, 5.74) is -0.633. The Morgan fingerprint density at radius 3 is 2.26 bits per heavy atom. The molecule has 47 heavy (non-hydrogen) atoms. The van der Waals surface area contributed by atoms with Crippen LogP contribution < -0.4 is 0 Å². The Balaban J connectivity index is 1.83. The van der Waals surface area contributed by atoms with Crippen LogP contribution >= 0.6 is 0 Å². The number of Topliss-reactive ketones (excluding diaryl/α,β-unsaturated/α-hetero) is 1. The quantitative estimate of drug-likeness (QED) is 0.164. The van der Waals surface area contributed by atoms with Crippen molar-refractivity contribution < 1.29 is 29.0 Å². The number of amides is 2. The first-order valence-electron chi connectivity index (χ1n) is 16.6. The molecule has 2 aliphatic carbocycles. The summed E-state index contributed by atoms with van der Waals surface area (Å²) in [5.74, 6) is -2.92. The molecule has 1 N–H and O–H groups in total. The zero-order valence-corrected chi connectivity index (χ0v) is 29.3. The standard InChI is InChI=1S/C39H47NO6Si/c1-26-30(25-47(4,5)6)24-31-19-13-14-20-33(42)38(3,45)22-21-34(46-27(2)41)39(31)35(26)32(23-28-15-9-7-10-16-28)40(37(39)44)36(43)29-17-11-8-12-18-29/h7-13,15-19,21-22,24,26,31-32,34-35,45H,14,20,23,25H2,1-6H3/b19-13+,22-21+/t26-,31+,32+,34+,35+,38+,39-/m1/s1. The van der Waals surface area contributed by atoms with Crippen molar-refractivity contribution in [3.63, 3.8) is 0 Å². The topological polar surface area (TPSA) is 101 Å². The van der Waals surface area contributed by atoms with Crippen LogP contribution in [0.5, 0.6) is 0 Å². The van der Waals surface area contributed by atoms with E-state index in [0.29, 0.717) is 18.4 Å². The van der Waals surface area contributed by atoms with Crippen molar-refractivity contribution in [2.75, 3.05) is 0 Å². The molecular formula is C39H47NO6Si. The van der Waals surface area contributed by atoms with E-state index in [1.807, 2.05) is 48.6 Å². The highest BCUT2D eigenvalue weighted by Crippen LogP contribution is 2.60. The van der Waals surface area contributed by atoms with Crippen molar-refractivity contribution in [3.8, 4) is 0 Å². The molecule has 0 bridgehead atoms. The minimum Gasteiger partial charge on any atom is -0.457 e. The van der Waals surface area contributed by atoms with Crippen LogP contribution in [0, 0.1) is 23.2 Å². The Kier molecular flexibility index (Phi) is 9.76. The number of allylic oxidation sites excluding steroid dienone is 4. The first-order valence-corrected chi connectivity index (χ1v) is 20.3. The van der Waals surface area contributed by atoms with Crippen molar-refractivity contribution >= 4 is 31.6 Å². The van der Waals surface area contributed by atoms with Gasteiger partial charge < -0.3 is 9.84 Å². The zero-order chi connectivity index (χ0) is 34.1. The highest BCUT2D eigenvalue weighted by atomic mass is 28.3. The van der Waals surface area contributed by atoms with Crippen molar-refractivity contribution in [2.45, 2.75) is 83.5 Å². The van der Waals surface area contributed by atoms with Crippen molar-refractivity contribution in [1.29, 1.82) is 0 Å². The molecule has 1 spiro atoms. The van der Waals surface area contributed by atoms with Gasteiger partial charge in [-0.25, -0.2) is 0 Å². The smallest absolute Gasteiger partial charge is 0.303 e. The lowest BCUT2D eigenvalue weighted by molar-refractivity contribution is -0.160. The van der Waals surface area contributed by atoms with Gasteiger partial charge in [-0.2, -0.15) is 0 Å². The second-order valence-electron chi connectivity index (χ2n) is 14.8. The molecule has 0 unspecified atom stereocenters. The van der Waals surface area contributed by atoms with E-state index in [-0.39, 0.29) is 18.1 Å². The number of benzene rings is 2. The number of nitrogens with zero attached hydrogens (tertiary/aromatic N) is 1. The van der Waals surface area contributed by atoms with Crippen molar-refractivity contribution in [1.82, 2.24) is 4.90 Å². The van der Waals surface area contributed by atoms with Gasteiger partial charge in [0.15, 0.2) is 5.78 Å². The molecule has 1 saturated heterocycles. The van der Waals surface area contributed by atoms with E-state index < -0.39 is 60.9 Å². The van der Waals surface area contributed by atoms with Crippen LogP contribution in [0.15, 0.2) is 96.6 Å². The maximum Gasteiger partial charge on any atom is 0.303 e. The lowest BCUT2D eigenvalue weighted by atomic mass is 9.54. The molecule has 248 valence electrons. The SMILES string of the molecule is CC(=O)O[C@H]1/C=C/[C@](C)(O)C(=O)CC/C=C/[C@H]2C=C(C[Si](C)(C)C)[C@@H](C)[C@H]3[C@H](Cc4ccccc4)N(C(=O)c4ccccc4)C(=O)[C@]321. The number of esters is 1. The number of carbonyl (C=O) groups is 4. The molecule has 2 amide bonds. The van der Waals surface area contributed by atoms with Crippen LogP contribution in [0.1, 0.15) is 49.5 Å². The molecule has 2 aromatic rings. The molecule has 5 rings (SSSR count). The summed E-state index contributed by atoms with van der Waals surface area (Å²) < 4.78 is 6.09. The summed E-state index contributed by atoms with van der Waals surface area (Å²) in [6, 6.07) is 19.0. The van der Waals surface area contributed by atoms with Crippen molar-refractivity contribution in [3.05, 3.63) is 108 Å². The average Bonchev–Trinajstić information content (AvgIpc) is 3.26. The summed E-state index contributed by atoms with van der Waals surface area (Å²) in [6.45, 7) is 11.8. The third-order valence-corrected chi connectivity index (χ3v) is 11.5. The third kappa shape index (κ3) is 6.76. The zero-order valence-electron chi connectivity index (χ0n) is 28.3. The Morgan fingerprint density at radius 2 is 1.64 bits per heavy atom. The van der Waals surface area contributed by atoms with Gasteiger partial charge in [0.2, 0.25) is 5.91 Å². The van der Waals surface area contributed by atoms with E-state index in [4.69, 9.17) is 4.74 Å². The molecule has 3 aliphatic rings. The van der Waals surface area contributed by atoms with Gasteiger partial charge in [-0.15, -0.1) is 0 Å². The highest BCUT2D eigenvalue weighted by molar-refractivity contribution is 6.76. The van der Waals surface area contributed by atoms with Gasteiger partial charge in [-0.1, -0.05) is 98.9 Å². The van der Waals surface area contributed by atoms with E-state index in [1.165, 1.54) is 36.5 Å². The maximum absolute atomic E-state index is 15.5. The Bertz CT molecular complexity index is 1600. The van der Waals surface area contributed by atoms with Gasteiger partial charge in [0.05, 0.1) is 0 Å². The second-order valence-corrected chi connectivity index (χ2v) is 20.3. The highest BCUT2D eigenvalue weighted by Gasteiger charge is 2.69. The number of carbonyl (C=O) groups excluding carboxylic acids is 4. The molecule has 8 heteroatoms. The fourth-order valence-corrected chi connectivity index (χ4v) is 9.65. The van der Waals surface area contributed by atoms with E-state index in [1.54, 1.807) is 24.3 Å². The molecule has 1 heterocycles. The summed E-state index contributed by atoms with van der Waals surface area (Å²) in [7, 11) is -1.65. The van der Waals surface area contributed by atoms with Gasteiger partial charge in [0.25, 0.3) is 5.91 Å². The van der Waals surface area contributed by atoms with Gasteiger partial charge in [0.1, 0.15) is 17.1 Å². The number of imide groups is 1. The summed E-state index contributed by atoms with van der Waals surface area (Å²) in [5, 5.41) is 11.2. The molecule has 7 atom stereocenters. The third-order valence-electron chi connectivity index (χ3n) is 10.0. The minimum atomic E-state index is -1.83. The van der Waals surface area contributed by atoms with E-state index >= 15 is 4.79 Å². The summed E-state index contributed by atoms with van der Waals surface area (Å²) >= 11 is 0. The Morgan fingerprint density at radius 1 is 1.00 bits per heavy atom. The second kappa shape index (κ2) is 13.3. The number of rotatable bonds is 6. The minimum absolute atomic E-state index is 0.111. The lowest BCUT2D eigenvalue weighted by Crippen LogP contribution is -2.55. The van der Waals surface area contributed by atoms with Gasteiger partial charge in [-0.05, 0) is 61.6 Å². The molecule has 1 aliphatic heterocycles. The summed E-state index contributed by atoms with van der Waals surface area (Å²) in [6.07, 6.45) is 8.67. The molecule has 0 radical (unpaired) electrons. The van der Waals surface area contributed by atoms with Gasteiger partial charge in [0, 0.05) is 44.9 Å². The fraction of sp³-hybridized carbons (Fsp3) is 0.436. The van der Waals surface area contributed by atoms with Crippen LogP contribution in [0.25, 0.3) is 0 Å². The fourth-order valence-electron chi connectivity index (χ4n) is 7.98. The van der Waals surface area contributed by atoms with Crippen LogP contribution in [-0.4, -0.2) is 59.4 Å². The molecule has 2 aromatic carbocycles. The molecule has 1 fully saturated rings. The average molecular weight is 654 g/mol. The number of hydrogen-bond donors (Lipinski definition) is 1. The van der Waals surface area contributed by atoms with Crippen LogP contribution in [0.4, 0.5) is 0 Å². The Hall–Kier alpha value is -3.88. The number of ketones is 1. The number of likely N-dealkylation sites (tertiary alicyclic amines) is 1. The molecule has 0 aromatic heterocycles. The van der Waals surface area contributed by atoms with E-state index in [9.17, 15) is 19.5 Å². The maximum atomic E-state index is 15.5. The first kappa shape index (κ1) is 34.5. The number of aliphatic hydroxyl groups is 1. The predicted molar refractivity (Wildman–Crippen MR) is 185 cm³/mol. The van der Waals surface area contributed by atoms with Crippen LogP contribution in [0.3, 0.4) is 0 Å². The Labute approximate surface area is 279 Å². The van der Waals surface area contributed by atoms with E-state index in [2.05, 4.69) is 32.6 Å². The largest absolute Gasteiger partial charge is 0.457 e. The monoisotopic (exact) mass is 653 g/mol. The summed E-state index contributed by atoms with van der Waals surface area (Å²) in [4.78, 5) is 57.4. The van der Waals surface area contributed by atoms with Gasteiger partial charge >= 0.3 is 5.97 Å². The number of hydrogen-bond acceptors (Lipinski definition) is 6. The van der Waals surface area contributed by atoms with Gasteiger partial charge in [-0.3, -0.25) is 24.1 Å². The first-order chi connectivity index (χ1) is 22.2. The van der Waals surface area contributed by atoms with Crippen LogP contribution in [0.2, 0.25) is 25.7 Å². The normalized spacial score (nSPS) is 32.4. The number of ether oxygens (including phenoxy) is 1. The van der Waals surface area contributed by atoms with E-state index in [0.717, 1.165) is 11.6 Å². The van der Waals surface area contributed by atoms with Crippen LogP contribution in [-0.2, 0) is 25.5 Å². The molecule has 0 saturated carbocycles.